The number of para-hydroxylation sites is 2. The number of hydrogen-bond donors (Lipinski definition) is 0. The average Bonchev–Trinajstić information content (AvgIpc) is 3.33. The van der Waals surface area contributed by atoms with Gasteiger partial charge in [-0.2, -0.15) is 0 Å². The van der Waals surface area contributed by atoms with Crippen LogP contribution in [-0.4, -0.2) is 0 Å². The van der Waals surface area contributed by atoms with Crippen LogP contribution in [0.3, 0.4) is 0 Å². The van der Waals surface area contributed by atoms with E-state index in [1.165, 1.54) is 55.3 Å². The smallest absolute Gasteiger partial charge is 0.0540 e. The molecule has 0 aliphatic heterocycles. The van der Waals surface area contributed by atoms with Crippen LogP contribution in [0.2, 0.25) is 0 Å². The Morgan fingerprint density at radius 3 is 1.17 bits per heavy atom. The maximum Gasteiger partial charge on any atom is 0.0540 e. The van der Waals surface area contributed by atoms with Gasteiger partial charge >= 0.3 is 0 Å². The number of rotatable bonds is 9. The van der Waals surface area contributed by atoms with Gasteiger partial charge < -0.3 is 4.90 Å². The summed E-state index contributed by atoms with van der Waals surface area (Å²) in [6, 6.07) is 89.8. The molecule has 0 radical (unpaired) electrons. The molecule has 10 rings (SSSR count). The summed E-state index contributed by atoms with van der Waals surface area (Å²) in [5, 5.41) is 2.49. The van der Waals surface area contributed by atoms with Crippen LogP contribution in [0, 0.1) is 0 Å². The predicted molar refractivity (Wildman–Crippen MR) is 251 cm³/mol. The SMILES string of the molecule is c1ccc(-c2ccc(-c3ccc(N(c4ccccc4-c4cccc(-c5ccccc5)c4)c4ccccc4-c4cccc(-c5cccc6ccccc56)c4)cc3)cc2)cc1. The van der Waals surface area contributed by atoms with Crippen LogP contribution in [-0.2, 0) is 0 Å². The van der Waals surface area contributed by atoms with Crippen LogP contribution >= 0.6 is 0 Å². The Kier molecular flexibility index (Phi) is 9.68. The van der Waals surface area contributed by atoms with Crippen molar-refractivity contribution in [1.29, 1.82) is 0 Å². The maximum absolute atomic E-state index is 2.44. The van der Waals surface area contributed by atoms with E-state index in [2.05, 4.69) is 254 Å². The molecular weight excluding hydrogens is 711 g/mol. The normalized spacial score (nSPS) is 11.1. The zero-order chi connectivity index (χ0) is 39.4. The second-order valence-electron chi connectivity index (χ2n) is 14.9. The van der Waals surface area contributed by atoms with E-state index in [-0.39, 0.29) is 0 Å². The Hall–Kier alpha value is -7.74. The molecule has 0 fully saturated rings. The van der Waals surface area contributed by atoms with E-state index in [4.69, 9.17) is 0 Å². The van der Waals surface area contributed by atoms with Gasteiger partial charge in [0.15, 0.2) is 0 Å². The predicted octanol–water partition coefficient (Wildman–Crippen LogP) is 16.3. The molecule has 0 aliphatic carbocycles. The van der Waals surface area contributed by atoms with Crippen molar-refractivity contribution in [2.24, 2.45) is 0 Å². The lowest BCUT2D eigenvalue weighted by Gasteiger charge is -2.30. The van der Waals surface area contributed by atoms with Gasteiger partial charge in [-0.05, 0) is 103 Å². The van der Waals surface area contributed by atoms with Crippen LogP contribution < -0.4 is 4.90 Å². The van der Waals surface area contributed by atoms with Crippen LogP contribution in [0.1, 0.15) is 0 Å². The van der Waals surface area contributed by atoms with Crippen LogP contribution in [0.25, 0.3) is 77.5 Å². The zero-order valence-corrected chi connectivity index (χ0v) is 32.6. The molecule has 1 heteroatoms. The van der Waals surface area contributed by atoms with E-state index in [0.29, 0.717) is 0 Å². The van der Waals surface area contributed by atoms with Crippen LogP contribution in [0.15, 0.2) is 249 Å². The fourth-order valence-corrected chi connectivity index (χ4v) is 8.35. The summed E-state index contributed by atoms with van der Waals surface area (Å²) in [4.78, 5) is 2.44. The minimum atomic E-state index is 1.08. The number of benzene rings is 10. The van der Waals surface area contributed by atoms with E-state index in [1.807, 2.05) is 0 Å². The minimum absolute atomic E-state index is 1.08. The van der Waals surface area contributed by atoms with Crippen molar-refractivity contribution in [3.63, 3.8) is 0 Å². The lowest BCUT2D eigenvalue weighted by Crippen LogP contribution is -2.12. The first-order chi connectivity index (χ1) is 29.3. The summed E-state index contributed by atoms with van der Waals surface area (Å²) in [5.41, 5.74) is 17.6. The molecule has 0 spiro atoms. The highest BCUT2D eigenvalue weighted by Crippen LogP contribution is 2.46. The van der Waals surface area contributed by atoms with Gasteiger partial charge in [-0.15, -0.1) is 0 Å². The fraction of sp³-hybridized carbons (Fsp3) is 0. The van der Waals surface area contributed by atoms with Crippen LogP contribution in [0.5, 0.6) is 0 Å². The maximum atomic E-state index is 2.44. The number of fused-ring (bicyclic) bond motifs is 1. The van der Waals surface area contributed by atoms with Gasteiger partial charge in [0.2, 0.25) is 0 Å². The molecule has 0 bridgehead atoms. The second-order valence-corrected chi connectivity index (χ2v) is 14.9. The van der Waals surface area contributed by atoms with Crippen molar-refractivity contribution in [3.05, 3.63) is 249 Å². The monoisotopic (exact) mass is 751 g/mol. The molecule has 59 heavy (non-hydrogen) atoms. The van der Waals surface area contributed by atoms with Crippen LogP contribution in [0.4, 0.5) is 17.1 Å². The van der Waals surface area contributed by atoms with Crippen molar-refractivity contribution in [2.75, 3.05) is 4.90 Å². The molecule has 0 saturated carbocycles. The third kappa shape index (κ3) is 7.23. The molecule has 0 heterocycles. The van der Waals surface area contributed by atoms with Crippen molar-refractivity contribution < 1.29 is 0 Å². The van der Waals surface area contributed by atoms with Gasteiger partial charge in [0.1, 0.15) is 0 Å². The Morgan fingerprint density at radius 1 is 0.220 bits per heavy atom. The third-order valence-electron chi connectivity index (χ3n) is 11.3. The molecule has 1 nitrogen and oxygen atoms in total. The molecule has 278 valence electrons. The van der Waals surface area contributed by atoms with Crippen molar-refractivity contribution >= 4 is 27.8 Å². The van der Waals surface area contributed by atoms with Gasteiger partial charge in [-0.1, -0.05) is 212 Å². The first kappa shape index (κ1) is 35.7. The lowest BCUT2D eigenvalue weighted by atomic mass is 9.93. The minimum Gasteiger partial charge on any atom is -0.309 e. The molecule has 0 unspecified atom stereocenters. The Balaban J connectivity index is 1.11. The molecule has 0 aromatic heterocycles. The second kappa shape index (κ2) is 16.0. The summed E-state index contributed by atoms with van der Waals surface area (Å²) >= 11 is 0. The molecule has 10 aromatic carbocycles. The molecule has 0 N–H and O–H groups in total. The fourth-order valence-electron chi connectivity index (χ4n) is 8.35. The highest BCUT2D eigenvalue weighted by atomic mass is 15.1. The Labute approximate surface area is 346 Å². The van der Waals surface area contributed by atoms with Gasteiger partial charge in [-0.25, -0.2) is 0 Å². The third-order valence-corrected chi connectivity index (χ3v) is 11.3. The van der Waals surface area contributed by atoms with Gasteiger partial charge in [0.05, 0.1) is 11.4 Å². The average molecular weight is 752 g/mol. The Bertz CT molecular complexity index is 3010. The standard InChI is InChI=1S/C58H41N/c1-3-16-42(17-4-1)44-32-34-45(35-33-44)46-36-38-52(39-37-46)59(57-30-11-9-27-55(57)50-24-13-22-48(40-50)43-18-5-2-6-19-43)58-31-12-10-28-56(58)51-25-14-23-49(41-51)54-29-15-21-47-20-7-8-26-53(47)54/h1-41H. The first-order valence-corrected chi connectivity index (χ1v) is 20.3. The molecule has 10 aromatic rings. The molecule has 0 amide bonds. The highest BCUT2D eigenvalue weighted by molar-refractivity contribution is 5.99. The molecule has 0 saturated heterocycles. The van der Waals surface area contributed by atoms with Crippen molar-refractivity contribution in [3.8, 4) is 66.8 Å². The summed E-state index contributed by atoms with van der Waals surface area (Å²) in [6.07, 6.45) is 0. The number of hydrogen-bond acceptors (Lipinski definition) is 1. The van der Waals surface area contributed by atoms with Crippen molar-refractivity contribution in [1.82, 2.24) is 0 Å². The van der Waals surface area contributed by atoms with E-state index in [0.717, 1.165) is 39.3 Å². The molecular formula is C58H41N. The highest BCUT2D eigenvalue weighted by Gasteiger charge is 2.21. The van der Waals surface area contributed by atoms with Crippen molar-refractivity contribution in [2.45, 2.75) is 0 Å². The lowest BCUT2D eigenvalue weighted by molar-refractivity contribution is 1.28. The van der Waals surface area contributed by atoms with E-state index in [9.17, 15) is 0 Å². The van der Waals surface area contributed by atoms with Gasteiger partial charge in [-0.3, -0.25) is 0 Å². The topological polar surface area (TPSA) is 3.24 Å². The number of anilines is 3. The first-order valence-electron chi connectivity index (χ1n) is 20.3. The summed E-state index contributed by atoms with van der Waals surface area (Å²) in [5.74, 6) is 0. The van der Waals surface area contributed by atoms with E-state index < -0.39 is 0 Å². The van der Waals surface area contributed by atoms with Gasteiger partial charge in [0, 0.05) is 16.8 Å². The van der Waals surface area contributed by atoms with E-state index in [1.54, 1.807) is 0 Å². The van der Waals surface area contributed by atoms with E-state index >= 15 is 0 Å². The summed E-state index contributed by atoms with van der Waals surface area (Å²) in [7, 11) is 0. The largest absolute Gasteiger partial charge is 0.309 e. The molecule has 0 aliphatic rings. The Morgan fingerprint density at radius 2 is 0.576 bits per heavy atom. The summed E-state index contributed by atoms with van der Waals surface area (Å²) in [6.45, 7) is 0. The van der Waals surface area contributed by atoms with Gasteiger partial charge in [0.25, 0.3) is 0 Å². The summed E-state index contributed by atoms with van der Waals surface area (Å²) < 4.78 is 0. The number of nitrogens with zero attached hydrogens (tertiary/aromatic N) is 1. The zero-order valence-electron chi connectivity index (χ0n) is 32.6. The quantitative estimate of drug-likeness (QED) is 0.142. The molecule has 0 atom stereocenters.